The van der Waals surface area contributed by atoms with Gasteiger partial charge >= 0.3 is 5.97 Å². The highest BCUT2D eigenvalue weighted by Crippen LogP contribution is 2.51. The first-order valence-corrected chi connectivity index (χ1v) is 9.12. The lowest BCUT2D eigenvalue weighted by Gasteiger charge is -2.37. The lowest BCUT2D eigenvalue weighted by Crippen LogP contribution is -2.30. The molecule has 4 rings (SSSR count). The first kappa shape index (κ1) is 17.7. The predicted octanol–water partition coefficient (Wildman–Crippen LogP) is 4.87. The van der Waals surface area contributed by atoms with Crippen LogP contribution < -0.4 is 5.32 Å². The number of hydrogen-bond acceptors (Lipinski definition) is 2. The van der Waals surface area contributed by atoms with Crippen molar-refractivity contribution in [2.45, 2.75) is 26.2 Å². The van der Waals surface area contributed by atoms with Crippen molar-refractivity contribution in [1.29, 1.82) is 0 Å². The van der Waals surface area contributed by atoms with Gasteiger partial charge < -0.3 is 10.4 Å². The van der Waals surface area contributed by atoms with Crippen molar-refractivity contribution in [3.63, 3.8) is 0 Å². The monoisotopic (exact) mass is 369 g/mol. The third-order valence-corrected chi connectivity index (χ3v) is 5.88. The van der Waals surface area contributed by atoms with E-state index in [4.69, 9.17) is 5.11 Å². The molecule has 2 N–H and O–H groups in total. The number of carboxylic acid groups (broad SMARTS) is 1. The number of hydrogen-bond donors (Lipinski definition) is 2. The van der Waals surface area contributed by atoms with Gasteiger partial charge in [-0.1, -0.05) is 50.2 Å². The van der Waals surface area contributed by atoms with Crippen LogP contribution in [0.15, 0.2) is 48.0 Å². The van der Waals surface area contributed by atoms with Crippen molar-refractivity contribution < 1.29 is 18.7 Å². The largest absolute Gasteiger partial charge is 0.480 e. The van der Waals surface area contributed by atoms with Crippen molar-refractivity contribution in [1.82, 2.24) is 5.32 Å². The highest BCUT2D eigenvalue weighted by atomic mass is 19.3. The van der Waals surface area contributed by atoms with Gasteiger partial charge in [0.05, 0.1) is 0 Å². The molecule has 0 saturated heterocycles. The molecule has 2 atom stereocenters. The zero-order chi connectivity index (χ0) is 19.3. The summed E-state index contributed by atoms with van der Waals surface area (Å²) in [5.41, 5.74) is 3.76. The Hall–Kier alpha value is -2.69. The molecule has 0 aliphatic heterocycles. The van der Waals surface area contributed by atoms with Gasteiger partial charge in [0.2, 0.25) is 0 Å². The highest BCUT2D eigenvalue weighted by molar-refractivity contribution is 5.84. The average molecular weight is 369 g/mol. The van der Waals surface area contributed by atoms with E-state index in [9.17, 15) is 13.6 Å². The van der Waals surface area contributed by atoms with E-state index in [1.165, 1.54) is 12.1 Å². The number of carbonyl (C=O) groups is 1. The van der Waals surface area contributed by atoms with Gasteiger partial charge in [-0.15, -0.1) is 0 Å². The summed E-state index contributed by atoms with van der Waals surface area (Å²) in [6.45, 7) is 4.06. The molecule has 2 unspecified atom stereocenters. The molecule has 0 aromatic heterocycles. The molecule has 0 radical (unpaired) electrons. The van der Waals surface area contributed by atoms with Crippen LogP contribution >= 0.6 is 0 Å². The fraction of sp³-hybridized carbons (Fsp3) is 0.318. The van der Waals surface area contributed by atoms with Gasteiger partial charge in [0, 0.05) is 16.8 Å². The van der Waals surface area contributed by atoms with Crippen LogP contribution in [0.4, 0.5) is 8.78 Å². The molecule has 2 aromatic carbocycles. The van der Waals surface area contributed by atoms with E-state index in [0.717, 1.165) is 23.3 Å². The van der Waals surface area contributed by atoms with E-state index in [2.05, 4.69) is 19.2 Å². The number of nitrogens with one attached hydrogen (secondary N) is 1. The molecular weight excluding hydrogens is 348 g/mol. The normalized spacial score (nSPS) is 23.9. The number of fused-ring (bicyclic) bond motifs is 3. The maximum absolute atomic E-state index is 14.8. The molecule has 0 spiro atoms. The molecule has 1 saturated carbocycles. The zero-order valence-corrected chi connectivity index (χ0v) is 15.2. The number of allylic oxidation sites excluding steroid dienone is 1. The van der Waals surface area contributed by atoms with Gasteiger partial charge in [0.1, 0.15) is 6.54 Å². The number of halogens is 2. The quantitative estimate of drug-likeness (QED) is 0.808. The third kappa shape index (κ3) is 2.73. The maximum atomic E-state index is 14.8. The van der Waals surface area contributed by atoms with Crippen LogP contribution in [0.2, 0.25) is 0 Å². The summed E-state index contributed by atoms with van der Waals surface area (Å²) >= 11 is 0. The number of alkyl halides is 2. The van der Waals surface area contributed by atoms with Crippen LogP contribution in [0.3, 0.4) is 0 Å². The van der Waals surface area contributed by atoms with Crippen LogP contribution in [0.25, 0.3) is 16.8 Å². The zero-order valence-electron chi connectivity index (χ0n) is 15.2. The molecule has 2 aromatic rings. The van der Waals surface area contributed by atoms with Gasteiger partial charge in [-0.25, -0.2) is 0 Å². The summed E-state index contributed by atoms with van der Waals surface area (Å²) in [5, 5.41) is 12.1. The number of aliphatic carboxylic acids is 1. The molecule has 140 valence electrons. The van der Waals surface area contributed by atoms with Crippen molar-refractivity contribution >= 4 is 11.7 Å². The second-order valence-electron chi connectivity index (χ2n) is 7.50. The summed E-state index contributed by atoms with van der Waals surface area (Å²) in [6.07, 6.45) is 0.882. The Kier molecular flexibility index (Phi) is 4.06. The molecule has 0 amide bonds. The first-order chi connectivity index (χ1) is 12.8. The summed E-state index contributed by atoms with van der Waals surface area (Å²) in [5.74, 6) is -3.10. The second-order valence-corrected chi connectivity index (χ2v) is 7.50. The van der Waals surface area contributed by atoms with Crippen LogP contribution in [-0.4, -0.2) is 17.6 Å². The van der Waals surface area contributed by atoms with E-state index >= 15 is 0 Å². The molecule has 1 fully saturated rings. The molecule has 2 aliphatic rings. The van der Waals surface area contributed by atoms with E-state index in [0.29, 0.717) is 23.0 Å². The smallest absolute Gasteiger partial charge is 0.322 e. The highest BCUT2D eigenvalue weighted by Gasteiger charge is 2.44. The average Bonchev–Trinajstić information content (AvgIpc) is 2.88. The Morgan fingerprint density at radius 1 is 1.15 bits per heavy atom. The van der Waals surface area contributed by atoms with Crippen LogP contribution in [0, 0.1) is 11.8 Å². The fourth-order valence-corrected chi connectivity index (χ4v) is 4.12. The minimum atomic E-state index is -3.01. The first-order valence-electron chi connectivity index (χ1n) is 9.12. The van der Waals surface area contributed by atoms with Crippen LogP contribution in [0.1, 0.15) is 37.0 Å². The van der Waals surface area contributed by atoms with E-state index in [-0.39, 0.29) is 17.7 Å². The molecule has 27 heavy (non-hydrogen) atoms. The number of benzene rings is 2. The Balaban J connectivity index is 1.82. The minimum Gasteiger partial charge on any atom is -0.480 e. The van der Waals surface area contributed by atoms with E-state index in [1.807, 2.05) is 0 Å². The molecule has 3 nitrogen and oxygen atoms in total. The minimum absolute atomic E-state index is 0.00469. The standard InChI is InChI=1S/C22H21F2NO2/c1-12-9-16(13(12)2)21(25-11-20(26)27)14-7-8-19-17(10-14)15-5-3-4-6-18(15)22(19,23)24/h3-8,10,12-13,25H,9,11H2,1-2H3,(H,26,27)/b21-16+. The Labute approximate surface area is 156 Å². The lowest BCUT2D eigenvalue weighted by atomic mass is 9.70. The Morgan fingerprint density at radius 2 is 1.85 bits per heavy atom. The molecule has 0 heterocycles. The summed E-state index contributed by atoms with van der Waals surface area (Å²) in [6, 6.07) is 11.5. The Morgan fingerprint density at radius 3 is 2.52 bits per heavy atom. The number of rotatable bonds is 4. The predicted molar refractivity (Wildman–Crippen MR) is 100 cm³/mol. The van der Waals surface area contributed by atoms with Crippen LogP contribution in [0.5, 0.6) is 0 Å². The fourth-order valence-electron chi connectivity index (χ4n) is 4.12. The van der Waals surface area contributed by atoms with E-state index in [1.54, 1.807) is 30.3 Å². The van der Waals surface area contributed by atoms with Gasteiger partial charge in [-0.05, 0) is 46.6 Å². The van der Waals surface area contributed by atoms with Gasteiger partial charge in [0.25, 0.3) is 5.92 Å². The molecule has 0 bridgehead atoms. The maximum Gasteiger partial charge on any atom is 0.322 e. The van der Waals surface area contributed by atoms with Gasteiger partial charge in [-0.2, -0.15) is 8.78 Å². The SMILES string of the molecule is CC1C/C(=C(\NCC(=O)O)c2ccc3c(c2)-c2ccccc2C3(F)F)C1C. The van der Waals surface area contributed by atoms with Crippen LogP contribution in [-0.2, 0) is 10.7 Å². The van der Waals surface area contributed by atoms with Crippen molar-refractivity contribution in [2.75, 3.05) is 6.54 Å². The van der Waals surface area contributed by atoms with Gasteiger partial charge in [-0.3, -0.25) is 4.79 Å². The topological polar surface area (TPSA) is 49.3 Å². The van der Waals surface area contributed by atoms with E-state index < -0.39 is 11.9 Å². The number of carboxylic acids is 1. The van der Waals surface area contributed by atoms with Crippen molar-refractivity contribution in [3.8, 4) is 11.1 Å². The van der Waals surface area contributed by atoms with Gasteiger partial charge in [0.15, 0.2) is 0 Å². The molecule has 5 heteroatoms. The molecule has 2 aliphatic carbocycles. The summed E-state index contributed by atoms with van der Waals surface area (Å²) < 4.78 is 29.5. The van der Waals surface area contributed by atoms with Crippen molar-refractivity contribution in [2.24, 2.45) is 11.8 Å². The summed E-state index contributed by atoms with van der Waals surface area (Å²) in [7, 11) is 0. The third-order valence-electron chi connectivity index (χ3n) is 5.88. The van der Waals surface area contributed by atoms with Crippen molar-refractivity contribution in [3.05, 3.63) is 64.7 Å². The lowest BCUT2D eigenvalue weighted by molar-refractivity contribution is -0.135. The molecular formula is C22H21F2NO2. The second kappa shape index (κ2) is 6.19. The Bertz CT molecular complexity index is 965. The summed E-state index contributed by atoms with van der Waals surface area (Å²) in [4.78, 5) is 11.1.